The van der Waals surface area contributed by atoms with Gasteiger partial charge < -0.3 is 20.5 Å². The minimum absolute atomic E-state index is 0.0852. The van der Waals surface area contributed by atoms with Gasteiger partial charge in [-0.25, -0.2) is 0 Å². The predicted octanol–water partition coefficient (Wildman–Crippen LogP) is 1.84. The third kappa shape index (κ3) is 3.27. The van der Waals surface area contributed by atoms with Crippen molar-refractivity contribution in [3.8, 4) is 11.5 Å². The lowest BCUT2D eigenvalue weighted by molar-refractivity contribution is 0.263. The number of phenolic OH excluding ortho intramolecular Hbond substituents is 1. The van der Waals surface area contributed by atoms with Crippen molar-refractivity contribution in [2.24, 2.45) is 0 Å². The average molecular weight is 236 g/mol. The van der Waals surface area contributed by atoms with Gasteiger partial charge in [0.05, 0.1) is 6.61 Å². The number of hydrogen-bond acceptors (Lipinski definition) is 4. The zero-order valence-corrected chi connectivity index (χ0v) is 10.1. The highest BCUT2D eigenvalue weighted by atomic mass is 16.5. The molecule has 17 heavy (non-hydrogen) atoms. The predicted molar refractivity (Wildman–Crippen MR) is 68.3 cm³/mol. The van der Waals surface area contributed by atoms with E-state index in [2.05, 4.69) is 4.90 Å². The van der Waals surface area contributed by atoms with Crippen molar-refractivity contribution in [3.63, 3.8) is 0 Å². The lowest BCUT2D eigenvalue weighted by Crippen LogP contribution is -2.21. The molecule has 1 aliphatic heterocycles. The molecule has 0 bridgehead atoms. The number of para-hydroxylation sites is 1. The number of anilines is 1. The zero-order valence-electron chi connectivity index (χ0n) is 10.1. The second-order valence-electron chi connectivity index (χ2n) is 4.44. The maximum absolute atomic E-state index is 9.42. The summed E-state index contributed by atoms with van der Waals surface area (Å²) in [5.74, 6) is 0.661. The van der Waals surface area contributed by atoms with E-state index in [-0.39, 0.29) is 5.75 Å². The number of nitrogens with two attached hydrogens (primary N) is 1. The molecule has 3 N–H and O–H groups in total. The van der Waals surface area contributed by atoms with Gasteiger partial charge in [0.25, 0.3) is 0 Å². The monoisotopic (exact) mass is 236 g/mol. The molecule has 0 saturated carbocycles. The highest BCUT2D eigenvalue weighted by Crippen LogP contribution is 2.29. The SMILES string of the molecule is Nc1c(O)cccc1OCCCN1CCCC1. The number of hydrogen-bond donors (Lipinski definition) is 2. The molecular formula is C13H20N2O2. The van der Waals surface area contributed by atoms with Crippen molar-refractivity contribution in [1.82, 2.24) is 4.90 Å². The first-order valence-electron chi connectivity index (χ1n) is 6.20. The van der Waals surface area contributed by atoms with Crippen LogP contribution in [0.5, 0.6) is 11.5 Å². The van der Waals surface area contributed by atoms with Gasteiger partial charge in [0.1, 0.15) is 17.2 Å². The molecule has 1 aromatic carbocycles. The molecule has 0 amide bonds. The zero-order chi connectivity index (χ0) is 12.1. The first kappa shape index (κ1) is 12.0. The summed E-state index contributed by atoms with van der Waals surface area (Å²) in [5.41, 5.74) is 6.03. The number of rotatable bonds is 5. The van der Waals surface area contributed by atoms with Crippen LogP contribution in [0.2, 0.25) is 0 Å². The minimum Gasteiger partial charge on any atom is -0.506 e. The van der Waals surface area contributed by atoms with E-state index in [1.807, 2.05) is 0 Å². The summed E-state index contributed by atoms with van der Waals surface area (Å²) in [6.45, 7) is 4.16. The minimum atomic E-state index is 0.0852. The van der Waals surface area contributed by atoms with Crippen LogP contribution in [0.4, 0.5) is 5.69 Å². The van der Waals surface area contributed by atoms with Gasteiger partial charge in [-0.15, -0.1) is 0 Å². The molecule has 0 unspecified atom stereocenters. The van der Waals surface area contributed by atoms with Crippen LogP contribution in [0.15, 0.2) is 18.2 Å². The van der Waals surface area contributed by atoms with Gasteiger partial charge in [0.15, 0.2) is 0 Å². The molecule has 2 rings (SSSR count). The fourth-order valence-corrected chi connectivity index (χ4v) is 2.13. The summed E-state index contributed by atoms with van der Waals surface area (Å²) >= 11 is 0. The fraction of sp³-hybridized carbons (Fsp3) is 0.538. The molecule has 1 aliphatic rings. The van der Waals surface area contributed by atoms with Crippen molar-refractivity contribution in [3.05, 3.63) is 18.2 Å². The lowest BCUT2D eigenvalue weighted by atomic mass is 10.3. The maximum Gasteiger partial charge on any atom is 0.145 e. The van der Waals surface area contributed by atoms with Gasteiger partial charge in [-0.05, 0) is 44.5 Å². The van der Waals surface area contributed by atoms with Crippen LogP contribution in [0.25, 0.3) is 0 Å². The van der Waals surface area contributed by atoms with Gasteiger partial charge in [-0.3, -0.25) is 0 Å². The molecule has 1 saturated heterocycles. The summed E-state index contributed by atoms with van der Waals surface area (Å²) in [7, 11) is 0. The number of nitrogen functional groups attached to an aromatic ring is 1. The van der Waals surface area contributed by atoms with E-state index in [0.717, 1.165) is 13.0 Å². The smallest absolute Gasteiger partial charge is 0.145 e. The lowest BCUT2D eigenvalue weighted by Gasteiger charge is -2.15. The Balaban J connectivity index is 1.72. The normalized spacial score (nSPS) is 16.2. The first-order valence-corrected chi connectivity index (χ1v) is 6.20. The quantitative estimate of drug-likeness (QED) is 0.465. The average Bonchev–Trinajstić information content (AvgIpc) is 2.83. The molecule has 0 atom stereocenters. The number of phenols is 1. The van der Waals surface area contributed by atoms with Crippen LogP contribution < -0.4 is 10.5 Å². The van der Waals surface area contributed by atoms with Crippen molar-refractivity contribution in [1.29, 1.82) is 0 Å². The number of ether oxygens (including phenoxy) is 1. The molecule has 0 radical (unpaired) electrons. The molecule has 94 valence electrons. The van der Waals surface area contributed by atoms with Crippen molar-refractivity contribution in [2.75, 3.05) is 32.0 Å². The van der Waals surface area contributed by atoms with E-state index in [1.165, 1.54) is 25.9 Å². The molecule has 1 heterocycles. The third-order valence-corrected chi connectivity index (χ3v) is 3.12. The fourth-order valence-electron chi connectivity index (χ4n) is 2.13. The Bertz CT molecular complexity index is 362. The van der Waals surface area contributed by atoms with E-state index in [1.54, 1.807) is 18.2 Å². The topological polar surface area (TPSA) is 58.7 Å². The van der Waals surface area contributed by atoms with Gasteiger partial charge in [-0.2, -0.15) is 0 Å². The van der Waals surface area contributed by atoms with Gasteiger partial charge in [0.2, 0.25) is 0 Å². The molecule has 1 aromatic rings. The van der Waals surface area contributed by atoms with Crippen LogP contribution in [-0.2, 0) is 0 Å². The summed E-state index contributed by atoms with van der Waals surface area (Å²) in [6, 6.07) is 5.08. The van der Waals surface area contributed by atoms with Crippen LogP contribution in [-0.4, -0.2) is 36.2 Å². The summed E-state index contributed by atoms with van der Waals surface area (Å²) in [4.78, 5) is 2.45. The molecule has 0 aliphatic carbocycles. The molecular weight excluding hydrogens is 216 g/mol. The number of aromatic hydroxyl groups is 1. The molecule has 0 spiro atoms. The Kier molecular flexibility index (Phi) is 4.09. The molecule has 1 fully saturated rings. The maximum atomic E-state index is 9.42. The van der Waals surface area contributed by atoms with E-state index in [0.29, 0.717) is 18.0 Å². The Hall–Kier alpha value is -1.42. The van der Waals surface area contributed by atoms with Crippen LogP contribution in [0.3, 0.4) is 0 Å². The van der Waals surface area contributed by atoms with Gasteiger partial charge in [0, 0.05) is 6.54 Å². The Morgan fingerprint density at radius 3 is 2.82 bits per heavy atom. The van der Waals surface area contributed by atoms with Crippen molar-refractivity contribution < 1.29 is 9.84 Å². The second kappa shape index (κ2) is 5.77. The van der Waals surface area contributed by atoms with Crippen LogP contribution in [0, 0.1) is 0 Å². The van der Waals surface area contributed by atoms with Crippen LogP contribution >= 0.6 is 0 Å². The van der Waals surface area contributed by atoms with E-state index in [9.17, 15) is 5.11 Å². The highest BCUT2D eigenvalue weighted by molar-refractivity contribution is 5.61. The van der Waals surface area contributed by atoms with Gasteiger partial charge in [-0.1, -0.05) is 6.07 Å². The Morgan fingerprint density at radius 2 is 2.06 bits per heavy atom. The second-order valence-corrected chi connectivity index (χ2v) is 4.44. The number of nitrogens with zero attached hydrogens (tertiary/aromatic N) is 1. The van der Waals surface area contributed by atoms with E-state index < -0.39 is 0 Å². The Morgan fingerprint density at radius 1 is 1.29 bits per heavy atom. The summed E-state index contributed by atoms with van der Waals surface area (Å²) in [5, 5.41) is 9.42. The third-order valence-electron chi connectivity index (χ3n) is 3.12. The molecule has 4 heteroatoms. The first-order chi connectivity index (χ1) is 8.27. The highest BCUT2D eigenvalue weighted by Gasteiger charge is 2.10. The summed E-state index contributed by atoms with van der Waals surface area (Å²) < 4.78 is 5.57. The number of benzene rings is 1. The van der Waals surface area contributed by atoms with E-state index >= 15 is 0 Å². The summed E-state index contributed by atoms with van der Waals surface area (Å²) in [6.07, 6.45) is 3.63. The van der Waals surface area contributed by atoms with Crippen molar-refractivity contribution >= 4 is 5.69 Å². The standard InChI is InChI=1S/C13H20N2O2/c14-13-11(16)5-3-6-12(13)17-10-4-9-15-7-1-2-8-15/h3,5-6,16H,1-2,4,7-10,14H2. The van der Waals surface area contributed by atoms with Crippen LogP contribution in [0.1, 0.15) is 19.3 Å². The van der Waals surface area contributed by atoms with Gasteiger partial charge >= 0.3 is 0 Å². The van der Waals surface area contributed by atoms with E-state index in [4.69, 9.17) is 10.5 Å². The Labute approximate surface area is 102 Å². The molecule has 4 nitrogen and oxygen atoms in total. The number of likely N-dealkylation sites (tertiary alicyclic amines) is 1. The molecule has 0 aromatic heterocycles. The van der Waals surface area contributed by atoms with Crippen molar-refractivity contribution in [2.45, 2.75) is 19.3 Å². The largest absolute Gasteiger partial charge is 0.506 e.